The molecule has 0 aliphatic carbocycles. The molecule has 1 aromatic heterocycles. The average molecular weight is 330 g/mol. The third kappa shape index (κ3) is 4.26. The predicted octanol–water partition coefficient (Wildman–Crippen LogP) is 2.14. The second kappa shape index (κ2) is 7.83. The fraction of sp³-hybridized carbons (Fsp3) is 0.353. The number of ether oxygens (including phenoxy) is 1. The normalized spacial score (nSPS) is 16.8. The number of aromatic nitrogens is 2. The van der Waals surface area contributed by atoms with Gasteiger partial charge in [0.05, 0.1) is 6.10 Å². The molecule has 24 heavy (non-hydrogen) atoms. The van der Waals surface area contributed by atoms with Crippen molar-refractivity contribution in [1.82, 2.24) is 15.3 Å². The summed E-state index contributed by atoms with van der Waals surface area (Å²) in [6, 6.07) is 7.90. The van der Waals surface area contributed by atoms with Gasteiger partial charge in [0.1, 0.15) is 23.7 Å². The second-order valence-corrected chi connectivity index (χ2v) is 5.58. The number of halogens is 1. The molecule has 1 fully saturated rings. The topological polar surface area (TPSA) is 76.1 Å². The Hall–Kier alpha value is -2.54. The third-order valence-electron chi connectivity index (χ3n) is 3.83. The summed E-state index contributed by atoms with van der Waals surface area (Å²) in [4.78, 5) is 20.2. The molecule has 1 unspecified atom stereocenters. The molecule has 126 valence electrons. The Labute approximate surface area is 139 Å². The van der Waals surface area contributed by atoms with Gasteiger partial charge in [-0.3, -0.25) is 4.79 Å². The van der Waals surface area contributed by atoms with Crippen molar-refractivity contribution in [1.29, 1.82) is 0 Å². The summed E-state index contributed by atoms with van der Waals surface area (Å²) < 4.78 is 19.1. The van der Waals surface area contributed by atoms with Crippen molar-refractivity contribution in [3.63, 3.8) is 0 Å². The molecule has 1 saturated heterocycles. The molecular weight excluding hydrogens is 311 g/mol. The predicted molar refractivity (Wildman–Crippen MR) is 87.1 cm³/mol. The van der Waals surface area contributed by atoms with E-state index < -0.39 is 0 Å². The first kappa shape index (κ1) is 16.3. The average Bonchev–Trinajstić information content (AvgIpc) is 3.13. The Bertz CT molecular complexity index is 704. The molecule has 1 aliphatic heterocycles. The van der Waals surface area contributed by atoms with Crippen molar-refractivity contribution in [3.8, 4) is 0 Å². The van der Waals surface area contributed by atoms with Gasteiger partial charge in [-0.1, -0.05) is 18.2 Å². The Morgan fingerprint density at radius 3 is 3.00 bits per heavy atom. The van der Waals surface area contributed by atoms with Gasteiger partial charge < -0.3 is 15.4 Å². The first-order valence-corrected chi connectivity index (χ1v) is 7.91. The molecule has 6 nitrogen and oxygen atoms in total. The van der Waals surface area contributed by atoms with Crippen LogP contribution in [-0.2, 0) is 11.3 Å². The van der Waals surface area contributed by atoms with Crippen LogP contribution in [0.25, 0.3) is 0 Å². The minimum absolute atomic E-state index is 0.105. The van der Waals surface area contributed by atoms with Crippen LogP contribution < -0.4 is 10.6 Å². The van der Waals surface area contributed by atoms with E-state index in [-0.39, 0.29) is 30.1 Å². The number of carbonyl (C=O) groups is 1. The summed E-state index contributed by atoms with van der Waals surface area (Å²) in [7, 11) is 0. The highest BCUT2D eigenvalue weighted by atomic mass is 19.1. The molecule has 1 amide bonds. The summed E-state index contributed by atoms with van der Waals surface area (Å²) in [5, 5.41) is 5.81. The number of rotatable bonds is 6. The first-order chi connectivity index (χ1) is 11.7. The van der Waals surface area contributed by atoms with Crippen LogP contribution in [0.3, 0.4) is 0 Å². The van der Waals surface area contributed by atoms with Gasteiger partial charge in [-0.2, -0.15) is 0 Å². The second-order valence-electron chi connectivity index (χ2n) is 5.58. The van der Waals surface area contributed by atoms with Crippen molar-refractivity contribution >= 4 is 11.7 Å². The number of hydrogen-bond donors (Lipinski definition) is 2. The number of nitrogens with one attached hydrogen (secondary N) is 2. The van der Waals surface area contributed by atoms with Gasteiger partial charge in [-0.05, 0) is 18.9 Å². The van der Waals surface area contributed by atoms with E-state index in [1.165, 1.54) is 12.4 Å². The van der Waals surface area contributed by atoms with E-state index in [4.69, 9.17) is 4.74 Å². The van der Waals surface area contributed by atoms with Crippen LogP contribution in [0.2, 0.25) is 0 Å². The van der Waals surface area contributed by atoms with E-state index in [9.17, 15) is 9.18 Å². The number of nitrogens with zero attached hydrogens (tertiary/aromatic N) is 2. The molecule has 0 radical (unpaired) electrons. The number of anilines is 1. The van der Waals surface area contributed by atoms with E-state index in [1.807, 2.05) is 0 Å². The minimum Gasteiger partial charge on any atom is -0.376 e. The van der Waals surface area contributed by atoms with Gasteiger partial charge in [0.15, 0.2) is 0 Å². The SMILES string of the molecule is O=C(NCc1ccccc1F)c1cc(NCC2CCCO2)ncn1. The van der Waals surface area contributed by atoms with Crippen LogP contribution in [0.4, 0.5) is 10.2 Å². The quantitative estimate of drug-likeness (QED) is 0.849. The third-order valence-corrected chi connectivity index (χ3v) is 3.83. The molecule has 0 bridgehead atoms. The van der Waals surface area contributed by atoms with Gasteiger partial charge in [-0.25, -0.2) is 14.4 Å². The van der Waals surface area contributed by atoms with Crippen LogP contribution in [0.5, 0.6) is 0 Å². The summed E-state index contributed by atoms with van der Waals surface area (Å²) in [5.74, 6) is -0.156. The summed E-state index contributed by atoms with van der Waals surface area (Å²) in [6.07, 6.45) is 3.60. The molecule has 0 saturated carbocycles. The Morgan fingerprint density at radius 1 is 1.33 bits per heavy atom. The zero-order valence-corrected chi connectivity index (χ0v) is 13.2. The minimum atomic E-state index is -0.374. The van der Waals surface area contributed by atoms with Crippen LogP contribution >= 0.6 is 0 Å². The van der Waals surface area contributed by atoms with Gasteiger partial charge in [0.25, 0.3) is 5.91 Å². The van der Waals surface area contributed by atoms with Gasteiger partial charge in [0, 0.05) is 31.3 Å². The number of amides is 1. The molecule has 3 rings (SSSR count). The molecule has 1 atom stereocenters. The maximum Gasteiger partial charge on any atom is 0.270 e. The maximum atomic E-state index is 13.6. The Balaban J connectivity index is 1.56. The smallest absolute Gasteiger partial charge is 0.270 e. The lowest BCUT2D eigenvalue weighted by molar-refractivity contribution is 0.0945. The van der Waals surface area contributed by atoms with Gasteiger partial charge in [0.2, 0.25) is 0 Å². The van der Waals surface area contributed by atoms with Gasteiger partial charge in [-0.15, -0.1) is 0 Å². The summed E-state index contributed by atoms with van der Waals surface area (Å²) in [5.41, 5.74) is 0.660. The van der Waals surface area contributed by atoms with Crippen molar-refractivity contribution in [3.05, 3.63) is 53.7 Å². The van der Waals surface area contributed by atoms with Crippen LogP contribution in [-0.4, -0.2) is 35.1 Å². The fourth-order valence-electron chi connectivity index (χ4n) is 2.51. The largest absolute Gasteiger partial charge is 0.376 e. The monoisotopic (exact) mass is 330 g/mol. The van der Waals surface area contributed by atoms with Crippen LogP contribution in [0.1, 0.15) is 28.9 Å². The molecule has 2 heterocycles. The first-order valence-electron chi connectivity index (χ1n) is 7.91. The van der Waals surface area contributed by atoms with Crippen LogP contribution in [0.15, 0.2) is 36.7 Å². The molecule has 1 aromatic carbocycles. The highest BCUT2D eigenvalue weighted by Gasteiger charge is 2.15. The Kier molecular flexibility index (Phi) is 5.32. The van der Waals surface area contributed by atoms with Crippen molar-refractivity contribution < 1.29 is 13.9 Å². The zero-order chi connectivity index (χ0) is 16.8. The Morgan fingerprint density at radius 2 is 2.21 bits per heavy atom. The number of benzene rings is 1. The summed E-state index contributed by atoms with van der Waals surface area (Å²) >= 11 is 0. The fourth-order valence-corrected chi connectivity index (χ4v) is 2.51. The van der Waals surface area contributed by atoms with Crippen molar-refractivity contribution in [2.75, 3.05) is 18.5 Å². The summed E-state index contributed by atoms with van der Waals surface area (Å²) in [6.45, 7) is 1.54. The lowest BCUT2D eigenvalue weighted by Gasteiger charge is -2.11. The highest BCUT2D eigenvalue weighted by Crippen LogP contribution is 2.13. The van der Waals surface area contributed by atoms with E-state index in [0.29, 0.717) is 17.9 Å². The molecule has 1 aliphatic rings. The lowest BCUT2D eigenvalue weighted by Crippen LogP contribution is -2.25. The van der Waals surface area contributed by atoms with Crippen molar-refractivity contribution in [2.24, 2.45) is 0 Å². The van der Waals surface area contributed by atoms with Gasteiger partial charge >= 0.3 is 0 Å². The van der Waals surface area contributed by atoms with E-state index in [1.54, 1.807) is 24.3 Å². The van der Waals surface area contributed by atoms with E-state index in [0.717, 1.165) is 19.4 Å². The number of carbonyl (C=O) groups excluding carboxylic acids is 1. The molecule has 7 heteroatoms. The maximum absolute atomic E-state index is 13.6. The zero-order valence-electron chi connectivity index (χ0n) is 13.2. The highest BCUT2D eigenvalue weighted by molar-refractivity contribution is 5.92. The van der Waals surface area contributed by atoms with Crippen LogP contribution in [0, 0.1) is 5.82 Å². The molecule has 0 spiro atoms. The lowest BCUT2D eigenvalue weighted by atomic mass is 10.2. The van der Waals surface area contributed by atoms with E-state index >= 15 is 0 Å². The van der Waals surface area contributed by atoms with Crippen molar-refractivity contribution in [2.45, 2.75) is 25.5 Å². The number of hydrogen-bond acceptors (Lipinski definition) is 5. The molecule has 2 N–H and O–H groups in total. The van der Waals surface area contributed by atoms with E-state index in [2.05, 4.69) is 20.6 Å². The standard InChI is InChI=1S/C17H19FN4O2/c18-14-6-2-1-4-12(14)9-20-17(23)15-8-16(22-11-21-15)19-10-13-5-3-7-24-13/h1-2,4,6,8,11,13H,3,5,7,9-10H2,(H,20,23)(H,19,21,22). The molecular formula is C17H19FN4O2. The molecule has 2 aromatic rings.